The molecular formula is C12H22F3NO. The van der Waals surface area contributed by atoms with Gasteiger partial charge in [-0.05, 0) is 19.9 Å². The lowest BCUT2D eigenvalue weighted by molar-refractivity contribution is -0.139. The van der Waals surface area contributed by atoms with E-state index in [1.165, 1.54) is 0 Å². The van der Waals surface area contributed by atoms with Crippen LogP contribution < -0.4 is 0 Å². The Balaban J connectivity index is 2.43. The molecule has 1 saturated carbocycles. The SMILES string of the molecule is CN(CCC(F)(F)F)C1CCCCCCC1O. The fourth-order valence-corrected chi connectivity index (χ4v) is 2.43. The zero-order chi connectivity index (χ0) is 12.9. The maximum atomic E-state index is 12.1. The van der Waals surface area contributed by atoms with Gasteiger partial charge >= 0.3 is 6.18 Å². The van der Waals surface area contributed by atoms with Gasteiger partial charge in [0.1, 0.15) is 0 Å². The first-order chi connectivity index (χ1) is 7.90. The lowest BCUT2D eigenvalue weighted by atomic mass is 9.93. The molecule has 1 aliphatic rings. The molecule has 17 heavy (non-hydrogen) atoms. The van der Waals surface area contributed by atoms with Gasteiger partial charge in [-0.2, -0.15) is 13.2 Å². The molecule has 0 aromatic heterocycles. The fourth-order valence-electron chi connectivity index (χ4n) is 2.43. The average Bonchev–Trinajstić information content (AvgIpc) is 2.20. The van der Waals surface area contributed by atoms with Crippen LogP contribution in [0.2, 0.25) is 0 Å². The van der Waals surface area contributed by atoms with E-state index in [1.807, 2.05) is 0 Å². The van der Waals surface area contributed by atoms with Crippen LogP contribution in [0, 0.1) is 0 Å². The highest BCUT2D eigenvalue weighted by Gasteiger charge is 2.30. The largest absolute Gasteiger partial charge is 0.391 e. The van der Waals surface area contributed by atoms with Crippen LogP contribution in [0.3, 0.4) is 0 Å². The molecule has 0 aromatic carbocycles. The van der Waals surface area contributed by atoms with Crippen LogP contribution in [0.15, 0.2) is 0 Å². The van der Waals surface area contributed by atoms with Crippen molar-refractivity contribution in [3.63, 3.8) is 0 Å². The number of hydrogen-bond acceptors (Lipinski definition) is 2. The second-order valence-electron chi connectivity index (χ2n) is 4.97. The molecule has 1 aliphatic carbocycles. The molecule has 1 rings (SSSR count). The molecule has 102 valence electrons. The highest BCUT2D eigenvalue weighted by Crippen LogP contribution is 2.24. The summed E-state index contributed by atoms with van der Waals surface area (Å²) in [5.74, 6) is 0. The van der Waals surface area contributed by atoms with Crippen molar-refractivity contribution < 1.29 is 18.3 Å². The van der Waals surface area contributed by atoms with Crippen LogP contribution in [0.1, 0.15) is 44.9 Å². The lowest BCUT2D eigenvalue weighted by Crippen LogP contribution is -2.43. The van der Waals surface area contributed by atoms with Gasteiger partial charge in [0, 0.05) is 12.6 Å². The van der Waals surface area contributed by atoms with Crippen molar-refractivity contribution in [3.05, 3.63) is 0 Å². The standard InChI is InChI=1S/C12H22F3NO/c1-16(9-8-12(13,14)15)10-6-4-2-3-5-7-11(10)17/h10-11,17H,2-9H2,1H3. The summed E-state index contributed by atoms with van der Waals surface area (Å²) in [5, 5.41) is 9.95. The summed E-state index contributed by atoms with van der Waals surface area (Å²) in [6, 6.07) is -0.113. The van der Waals surface area contributed by atoms with E-state index in [9.17, 15) is 18.3 Å². The Morgan fingerprint density at radius 2 is 1.71 bits per heavy atom. The van der Waals surface area contributed by atoms with Crippen LogP contribution >= 0.6 is 0 Å². The van der Waals surface area contributed by atoms with Crippen molar-refractivity contribution in [2.24, 2.45) is 0 Å². The van der Waals surface area contributed by atoms with Crippen molar-refractivity contribution >= 4 is 0 Å². The van der Waals surface area contributed by atoms with Crippen molar-refractivity contribution in [2.45, 2.75) is 63.3 Å². The Morgan fingerprint density at radius 3 is 2.29 bits per heavy atom. The summed E-state index contributed by atoms with van der Waals surface area (Å²) in [5.41, 5.74) is 0. The number of hydrogen-bond donors (Lipinski definition) is 1. The number of likely N-dealkylation sites (N-methyl/N-ethyl adjacent to an activating group) is 1. The number of aliphatic hydroxyl groups is 1. The molecule has 1 fully saturated rings. The fraction of sp³-hybridized carbons (Fsp3) is 1.00. The second-order valence-corrected chi connectivity index (χ2v) is 4.97. The van der Waals surface area contributed by atoms with Crippen LogP contribution in [0.4, 0.5) is 13.2 Å². The first-order valence-corrected chi connectivity index (χ1v) is 6.35. The number of halogens is 3. The van der Waals surface area contributed by atoms with Gasteiger partial charge in [0.15, 0.2) is 0 Å². The van der Waals surface area contributed by atoms with Crippen molar-refractivity contribution in [2.75, 3.05) is 13.6 Å². The second kappa shape index (κ2) is 6.59. The summed E-state index contributed by atoms with van der Waals surface area (Å²) < 4.78 is 36.4. The zero-order valence-corrected chi connectivity index (χ0v) is 10.3. The molecule has 2 unspecified atom stereocenters. The lowest BCUT2D eigenvalue weighted by Gasteiger charge is -2.33. The summed E-state index contributed by atoms with van der Waals surface area (Å²) in [6.07, 6.45) is 0.341. The van der Waals surface area contributed by atoms with Gasteiger partial charge in [0.2, 0.25) is 0 Å². The zero-order valence-electron chi connectivity index (χ0n) is 10.3. The quantitative estimate of drug-likeness (QED) is 0.836. The van der Waals surface area contributed by atoms with Gasteiger partial charge in [-0.3, -0.25) is 0 Å². The molecule has 5 heteroatoms. The smallest absolute Gasteiger partial charge is 0.390 e. The topological polar surface area (TPSA) is 23.5 Å². The predicted octanol–water partition coefficient (Wildman–Crippen LogP) is 2.95. The maximum Gasteiger partial charge on any atom is 0.390 e. The maximum absolute atomic E-state index is 12.1. The van der Waals surface area contributed by atoms with E-state index < -0.39 is 18.7 Å². The molecule has 0 aliphatic heterocycles. The third-order valence-corrected chi connectivity index (χ3v) is 3.51. The van der Waals surface area contributed by atoms with Gasteiger partial charge in [-0.1, -0.05) is 25.7 Å². The highest BCUT2D eigenvalue weighted by atomic mass is 19.4. The van der Waals surface area contributed by atoms with Crippen molar-refractivity contribution in [1.82, 2.24) is 4.90 Å². The first kappa shape index (κ1) is 14.8. The number of rotatable bonds is 3. The Labute approximate surface area is 101 Å². The van der Waals surface area contributed by atoms with Gasteiger partial charge in [0.25, 0.3) is 0 Å². The monoisotopic (exact) mass is 253 g/mol. The van der Waals surface area contributed by atoms with Crippen molar-refractivity contribution in [3.8, 4) is 0 Å². The summed E-state index contributed by atoms with van der Waals surface area (Å²) in [6.45, 7) is -0.0226. The van der Waals surface area contributed by atoms with E-state index in [1.54, 1.807) is 11.9 Å². The van der Waals surface area contributed by atoms with Crippen LogP contribution in [-0.2, 0) is 0 Å². The average molecular weight is 253 g/mol. The first-order valence-electron chi connectivity index (χ1n) is 6.35. The molecule has 0 saturated heterocycles. The van der Waals surface area contributed by atoms with E-state index in [4.69, 9.17) is 0 Å². The van der Waals surface area contributed by atoms with E-state index in [2.05, 4.69) is 0 Å². The molecule has 2 nitrogen and oxygen atoms in total. The van der Waals surface area contributed by atoms with Gasteiger partial charge < -0.3 is 10.0 Å². The van der Waals surface area contributed by atoms with Gasteiger partial charge in [-0.15, -0.1) is 0 Å². The summed E-state index contributed by atoms with van der Waals surface area (Å²) in [4.78, 5) is 1.67. The molecule has 0 amide bonds. The normalized spacial score (nSPS) is 27.9. The summed E-state index contributed by atoms with van der Waals surface area (Å²) in [7, 11) is 1.68. The number of alkyl halides is 3. The third-order valence-electron chi connectivity index (χ3n) is 3.51. The van der Waals surface area contributed by atoms with E-state index in [0.717, 1.165) is 32.1 Å². The van der Waals surface area contributed by atoms with Crippen LogP contribution in [0.25, 0.3) is 0 Å². The van der Waals surface area contributed by atoms with Gasteiger partial charge in [-0.25, -0.2) is 0 Å². The number of aliphatic hydroxyl groups excluding tert-OH is 1. The van der Waals surface area contributed by atoms with E-state index in [-0.39, 0.29) is 12.6 Å². The molecular weight excluding hydrogens is 231 g/mol. The Bertz CT molecular complexity index is 220. The highest BCUT2D eigenvalue weighted by molar-refractivity contribution is 4.79. The molecule has 0 bridgehead atoms. The molecule has 0 radical (unpaired) electrons. The molecule has 1 N–H and O–H groups in total. The van der Waals surface area contributed by atoms with E-state index in [0.29, 0.717) is 6.42 Å². The minimum Gasteiger partial charge on any atom is -0.391 e. The Morgan fingerprint density at radius 1 is 1.12 bits per heavy atom. The summed E-state index contributed by atoms with van der Waals surface area (Å²) >= 11 is 0. The van der Waals surface area contributed by atoms with Crippen LogP contribution in [-0.4, -0.2) is 41.9 Å². The predicted molar refractivity (Wildman–Crippen MR) is 60.8 cm³/mol. The Kier molecular flexibility index (Phi) is 5.73. The molecule has 0 heterocycles. The van der Waals surface area contributed by atoms with E-state index >= 15 is 0 Å². The molecule has 0 spiro atoms. The molecule has 0 aromatic rings. The van der Waals surface area contributed by atoms with Crippen LogP contribution in [0.5, 0.6) is 0 Å². The Hall–Kier alpha value is -0.290. The van der Waals surface area contributed by atoms with Crippen molar-refractivity contribution in [1.29, 1.82) is 0 Å². The minimum atomic E-state index is -4.11. The number of nitrogens with zero attached hydrogens (tertiary/aromatic N) is 1. The molecule has 2 atom stereocenters. The minimum absolute atomic E-state index is 0.0226. The van der Waals surface area contributed by atoms with Gasteiger partial charge in [0.05, 0.1) is 12.5 Å². The third kappa shape index (κ3) is 5.73.